The molecule has 0 unspecified atom stereocenters. The van der Waals surface area contributed by atoms with Crippen LogP contribution < -0.4 is 5.73 Å². The third kappa shape index (κ3) is 2.89. The van der Waals surface area contributed by atoms with Gasteiger partial charge in [-0.2, -0.15) is 5.10 Å². The van der Waals surface area contributed by atoms with Crippen molar-refractivity contribution in [3.05, 3.63) is 47.5 Å². The monoisotopic (exact) mass is 264 g/mol. The van der Waals surface area contributed by atoms with Gasteiger partial charge in [0, 0.05) is 29.5 Å². The van der Waals surface area contributed by atoms with Crippen molar-refractivity contribution in [1.29, 1.82) is 5.41 Å². The lowest BCUT2D eigenvalue weighted by atomic mass is 10.1. The van der Waals surface area contributed by atoms with E-state index in [2.05, 4.69) is 5.10 Å². The van der Waals surface area contributed by atoms with Crippen LogP contribution in [-0.2, 0) is 12.8 Å². The molecule has 4 nitrogen and oxygen atoms in total. The maximum Gasteiger partial charge on any atom is 0.123 e. The normalized spacial score (nSPS) is 10.6. The number of hydrogen-bond donors (Lipinski definition) is 2. The lowest BCUT2D eigenvalue weighted by Gasteiger charge is -2.07. The van der Waals surface area contributed by atoms with Crippen LogP contribution in [0.3, 0.4) is 0 Å². The summed E-state index contributed by atoms with van der Waals surface area (Å²) in [5, 5.41) is 11.5. The quantitative estimate of drug-likeness (QED) is 0.505. The molecule has 2 aromatic rings. The summed E-state index contributed by atoms with van der Waals surface area (Å²) < 4.78 is 14.8. The Labute approximate surface area is 109 Å². The standard InChI is InChI=1S/C12H13FN4S/c1-17-6-10(5-16-17)18-7-8-2-3-9(13)4-11(8)12(14)15/h2-6H,7H2,1H3,(H3,14,15). The number of nitrogens with two attached hydrogens (primary N) is 1. The number of aromatic nitrogens is 2. The summed E-state index contributed by atoms with van der Waals surface area (Å²) in [6.45, 7) is 0. The number of amidine groups is 1. The van der Waals surface area contributed by atoms with Crippen molar-refractivity contribution in [2.24, 2.45) is 12.8 Å². The van der Waals surface area contributed by atoms with Gasteiger partial charge in [-0.05, 0) is 17.7 Å². The maximum atomic E-state index is 13.1. The number of thioether (sulfide) groups is 1. The number of nitrogen functional groups attached to an aromatic ring is 1. The van der Waals surface area contributed by atoms with E-state index in [-0.39, 0.29) is 11.7 Å². The Kier molecular flexibility index (Phi) is 3.66. The van der Waals surface area contributed by atoms with E-state index >= 15 is 0 Å². The van der Waals surface area contributed by atoms with Crippen molar-refractivity contribution in [2.75, 3.05) is 0 Å². The van der Waals surface area contributed by atoms with Crippen molar-refractivity contribution in [3.63, 3.8) is 0 Å². The van der Waals surface area contributed by atoms with Crippen molar-refractivity contribution in [3.8, 4) is 0 Å². The second-order valence-electron chi connectivity index (χ2n) is 3.85. The minimum Gasteiger partial charge on any atom is -0.384 e. The minimum absolute atomic E-state index is 0.115. The summed E-state index contributed by atoms with van der Waals surface area (Å²) in [4.78, 5) is 1.02. The van der Waals surface area contributed by atoms with Crippen molar-refractivity contribution in [2.45, 2.75) is 10.6 Å². The van der Waals surface area contributed by atoms with E-state index in [1.807, 2.05) is 13.2 Å². The topological polar surface area (TPSA) is 67.7 Å². The molecule has 0 aliphatic carbocycles. The Hall–Kier alpha value is -1.82. The van der Waals surface area contributed by atoms with Crippen LogP contribution in [0.25, 0.3) is 0 Å². The predicted octanol–water partition coefficient (Wildman–Crippen LogP) is 2.14. The highest BCUT2D eigenvalue weighted by atomic mass is 32.2. The highest BCUT2D eigenvalue weighted by Crippen LogP contribution is 2.24. The van der Waals surface area contributed by atoms with Crippen LogP contribution in [0.1, 0.15) is 11.1 Å². The number of aryl methyl sites for hydroxylation is 1. The fourth-order valence-corrected chi connectivity index (χ4v) is 2.48. The van der Waals surface area contributed by atoms with Crippen LogP contribution in [0, 0.1) is 11.2 Å². The largest absolute Gasteiger partial charge is 0.384 e. The molecule has 0 atom stereocenters. The first-order chi connectivity index (χ1) is 8.56. The molecule has 0 amide bonds. The van der Waals surface area contributed by atoms with Crippen LogP contribution >= 0.6 is 11.8 Å². The Morgan fingerprint density at radius 1 is 1.56 bits per heavy atom. The van der Waals surface area contributed by atoms with E-state index in [4.69, 9.17) is 11.1 Å². The van der Waals surface area contributed by atoms with E-state index < -0.39 is 0 Å². The van der Waals surface area contributed by atoms with Gasteiger partial charge < -0.3 is 5.73 Å². The van der Waals surface area contributed by atoms with E-state index in [1.54, 1.807) is 28.7 Å². The highest BCUT2D eigenvalue weighted by molar-refractivity contribution is 7.98. The van der Waals surface area contributed by atoms with E-state index in [0.29, 0.717) is 11.3 Å². The average molecular weight is 264 g/mol. The molecule has 1 heterocycles. The van der Waals surface area contributed by atoms with Crippen LogP contribution in [0.5, 0.6) is 0 Å². The van der Waals surface area contributed by atoms with Crippen molar-refractivity contribution >= 4 is 17.6 Å². The van der Waals surface area contributed by atoms with Gasteiger partial charge in [-0.15, -0.1) is 11.8 Å². The molecule has 0 aliphatic rings. The molecule has 94 valence electrons. The smallest absolute Gasteiger partial charge is 0.123 e. The molecule has 0 saturated carbocycles. The van der Waals surface area contributed by atoms with Gasteiger partial charge in [0.15, 0.2) is 0 Å². The molecule has 0 spiro atoms. The Balaban J connectivity index is 2.16. The molecular formula is C12H13FN4S. The first kappa shape index (κ1) is 12.6. The molecule has 2 rings (SSSR count). The van der Waals surface area contributed by atoms with Crippen LogP contribution in [0.2, 0.25) is 0 Å². The van der Waals surface area contributed by atoms with Crippen LogP contribution in [0.4, 0.5) is 4.39 Å². The van der Waals surface area contributed by atoms with Crippen LogP contribution in [0.15, 0.2) is 35.5 Å². The summed E-state index contributed by atoms with van der Waals surface area (Å²) in [7, 11) is 1.85. The summed E-state index contributed by atoms with van der Waals surface area (Å²) in [5.74, 6) is 0.132. The van der Waals surface area contributed by atoms with Gasteiger partial charge in [-0.3, -0.25) is 10.1 Å². The lowest BCUT2D eigenvalue weighted by Crippen LogP contribution is -2.13. The zero-order valence-corrected chi connectivity index (χ0v) is 10.7. The second kappa shape index (κ2) is 5.22. The molecule has 6 heteroatoms. The first-order valence-corrected chi connectivity index (χ1v) is 6.29. The molecule has 0 bridgehead atoms. The molecule has 1 aromatic heterocycles. The zero-order valence-electron chi connectivity index (χ0n) is 9.85. The highest BCUT2D eigenvalue weighted by Gasteiger charge is 2.08. The van der Waals surface area contributed by atoms with Gasteiger partial charge in [-0.25, -0.2) is 4.39 Å². The van der Waals surface area contributed by atoms with Gasteiger partial charge in [0.25, 0.3) is 0 Å². The number of hydrogen-bond acceptors (Lipinski definition) is 3. The minimum atomic E-state index is -0.379. The van der Waals surface area contributed by atoms with Gasteiger partial charge in [0.2, 0.25) is 0 Å². The van der Waals surface area contributed by atoms with E-state index in [9.17, 15) is 4.39 Å². The Morgan fingerprint density at radius 2 is 2.33 bits per heavy atom. The predicted molar refractivity (Wildman–Crippen MR) is 70.2 cm³/mol. The van der Waals surface area contributed by atoms with Crippen molar-refractivity contribution < 1.29 is 4.39 Å². The fourth-order valence-electron chi connectivity index (χ4n) is 1.56. The molecule has 3 N–H and O–H groups in total. The Bertz CT molecular complexity index is 579. The third-order valence-corrected chi connectivity index (χ3v) is 3.44. The van der Waals surface area contributed by atoms with Gasteiger partial charge in [-0.1, -0.05) is 6.07 Å². The van der Waals surface area contributed by atoms with Gasteiger partial charge >= 0.3 is 0 Å². The molecule has 0 fully saturated rings. The summed E-state index contributed by atoms with van der Waals surface area (Å²) in [6, 6.07) is 4.34. The Morgan fingerprint density at radius 3 is 2.94 bits per heavy atom. The zero-order chi connectivity index (χ0) is 13.1. The first-order valence-electron chi connectivity index (χ1n) is 5.30. The number of nitrogens with one attached hydrogen (secondary N) is 1. The number of halogens is 1. The average Bonchev–Trinajstić information content (AvgIpc) is 2.73. The number of benzene rings is 1. The second-order valence-corrected chi connectivity index (χ2v) is 4.90. The summed E-state index contributed by atoms with van der Waals surface area (Å²) in [6.07, 6.45) is 3.67. The molecule has 0 aliphatic heterocycles. The van der Waals surface area contributed by atoms with Gasteiger partial charge in [0.1, 0.15) is 11.7 Å². The molecule has 1 aromatic carbocycles. The van der Waals surface area contributed by atoms with E-state index in [1.165, 1.54) is 12.1 Å². The lowest BCUT2D eigenvalue weighted by molar-refractivity contribution is 0.627. The van der Waals surface area contributed by atoms with Gasteiger partial charge in [0.05, 0.1) is 6.20 Å². The third-order valence-electron chi connectivity index (χ3n) is 2.44. The maximum absolute atomic E-state index is 13.1. The molecule has 18 heavy (non-hydrogen) atoms. The molecule has 0 radical (unpaired) electrons. The fraction of sp³-hybridized carbons (Fsp3) is 0.167. The molecular weight excluding hydrogens is 251 g/mol. The number of rotatable bonds is 4. The summed E-state index contributed by atoms with van der Waals surface area (Å²) in [5.41, 5.74) is 6.74. The van der Waals surface area contributed by atoms with Crippen LogP contribution in [-0.4, -0.2) is 15.6 Å². The number of nitrogens with zero attached hydrogens (tertiary/aromatic N) is 2. The van der Waals surface area contributed by atoms with E-state index in [0.717, 1.165) is 10.5 Å². The van der Waals surface area contributed by atoms with Crippen molar-refractivity contribution in [1.82, 2.24) is 9.78 Å². The molecule has 0 saturated heterocycles. The summed E-state index contributed by atoms with van der Waals surface area (Å²) >= 11 is 1.57. The SMILES string of the molecule is Cn1cc(SCc2ccc(F)cc2C(=N)N)cn1.